The molecule has 274 valence electrons. The summed E-state index contributed by atoms with van der Waals surface area (Å²) in [6, 6.07) is 26.9. The molecular weight excluding hydrogens is 710 g/mol. The zero-order valence-electron chi connectivity index (χ0n) is 30.4. The topological polar surface area (TPSA) is 111 Å². The number of likely N-dealkylation sites (N-methyl/N-ethyl adjacent to an activating group) is 1. The average Bonchev–Trinajstić information content (AvgIpc) is 3.52. The number of likely N-dealkylation sites (tertiary alicyclic amines) is 1. The van der Waals surface area contributed by atoms with Crippen molar-refractivity contribution in [2.24, 2.45) is 0 Å². The highest BCUT2D eigenvalue weighted by molar-refractivity contribution is 9.08. The highest BCUT2D eigenvalue weighted by atomic mass is 79.9. The van der Waals surface area contributed by atoms with E-state index in [4.69, 9.17) is 4.74 Å². The average molecular weight is 763 g/mol. The Balaban J connectivity index is 1.40. The van der Waals surface area contributed by atoms with Crippen LogP contribution in [0.5, 0.6) is 0 Å². The van der Waals surface area contributed by atoms with Crippen molar-refractivity contribution in [1.82, 2.24) is 25.3 Å². The minimum Gasteiger partial charge on any atom is -0.444 e. The lowest BCUT2D eigenvalue weighted by molar-refractivity contribution is -0.132. The molecule has 10 nitrogen and oxygen atoms in total. The van der Waals surface area contributed by atoms with Crippen molar-refractivity contribution in [3.05, 3.63) is 107 Å². The van der Waals surface area contributed by atoms with E-state index in [1.54, 1.807) is 32.7 Å². The maximum absolute atomic E-state index is 13.8. The van der Waals surface area contributed by atoms with E-state index in [9.17, 15) is 19.2 Å². The van der Waals surface area contributed by atoms with Crippen LogP contribution in [0.3, 0.4) is 0 Å². The largest absolute Gasteiger partial charge is 0.444 e. The van der Waals surface area contributed by atoms with Crippen LogP contribution in [0.1, 0.15) is 75.3 Å². The molecule has 3 unspecified atom stereocenters. The van der Waals surface area contributed by atoms with Crippen LogP contribution in [0.4, 0.5) is 4.79 Å². The summed E-state index contributed by atoms with van der Waals surface area (Å²) in [7, 11) is 1.54. The zero-order valence-corrected chi connectivity index (χ0v) is 32.0. The summed E-state index contributed by atoms with van der Waals surface area (Å²) in [6.45, 7) is 9.02. The summed E-state index contributed by atoms with van der Waals surface area (Å²) in [6.07, 6.45) is 2.23. The molecular formula is C40H52BrN5O5. The van der Waals surface area contributed by atoms with Gasteiger partial charge in [0.25, 0.3) is 0 Å². The molecule has 0 spiro atoms. The van der Waals surface area contributed by atoms with Crippen LogP contribution in [0.25, 0.3) is 0 Å². The Kier molecular flexibility index (Phi) is 14.6. The first-order chi connectivity index (χ1) is 24.4. The summed E-state index contributed by atoms with van der Waals surface area (Å²) in [5, 5.41) is 7.03. The predicted octanol–water partition coefficient (Wildman–Crippen LogP) is 6.04. The molecule has 1 aliphatic rings. The number of hydrogen-bond acceptors (Lipinski definition) is 6. The molecule has 0 aliphatic carbocycles. The first kappa shape index (κ1) is 39.6. The van der Waals surface area contributed by atoms with Gasteiger partial charge in [-0.2, -0.15) is 0 Å². The van der Waals surface area contributed by atoms with Gasteiger partial charge in [0.05, 0.1) is 6.04 Å². The molecule has 11 heteroatoms. The van der Waals surface area contributed by atoms with Gasteiger partial charge < -0.3 is 25.2 Å². The number of benzene rings is 3. The number of nitrogens with zero attached hydrogens (tertiary/aromatic N) is 3. The second kappa shape index (κ2) is 18.9. The van der Waals surface area contributed by atoms with Gasteiger partial charge in [-0.15, -0.1) is 0 Å². The van der Waals surface area contributed by atoms with Crippen LogP contribution in [0.15, 0.2) is 84.9 Å². The molecule has 2 N–H and O–H groups in total. The molecule has 4 rings (SSSR count). The van der Waals surface area contributed by atoms with Crippen LogP contribution in [-0.2, 0) is 31.0 Å². The standard InChI is InChI=1S/C40H52BrN5O5/c1-29(42-36(48)27-44(5)39(50)51-40(2,3)4)25-45(26-31-18-16-30(24-41)17-19-31)23-22-34-20-21-35(46(34)28-47)38(49)43-37(32-12-8-6-9-13-32)33-14-10-7-11-15-33/h6-19,28-29,34-35,37H,20-27H2,1-5H3,(H,42,48)(H,43,49). The van der Waals surface area contributed by atoms with Crippen LogP contribution in [0, 0.1) is 0 Å². The monoisotopic (exact) mass is 761 g/mol. The van der Waals surface area contributed by atoms with Crippen molar-refractivity contribution in [3.63, 3.8) is 0 Å². The van der Waals surface area contributed by atoms with Crippen molar-refractivity contribution >= 4 is 40.2 Å². The Labute approximate surface area is 311 Å². The van der Waals surface area contributed by atoms with Crippen molar-refractivity contribution in [3.8, 4) is 0 Å². The lowest BCUT2D eigenvalue weighted by Crippen LogP contribution is -2.48. The van der Waals surface area contributed by atoms with E-state index in [0.29, 0.717) is 32.5 Å². The Morgan fingerprint density at radius 1 is 0.922 bits per heavy atom. The molecule has 4 amide bonds. The summed E-state index contributed by atoms with van der Waals surface area (Å²) in [4.78, 5) is 56.8. The summed E-state index contributed by atoms with van der Waals surface area (Å²) < 4.78 is 5.37. The molecule has 1 aliphatic heterocycles. The van der Waals surface area contributed by atoms with Crippen LogP contribution < -0.4 is 10.6 Å². The van der Waals surface area contributed by atoms with Gasteiger partial charge in [-0.3, -0.25) is 19.3 Å². The molecule has 0 aromatic heterocycles. The number of halogens is 1. The molecule has 3 aromatic rings. The van der Waals surface area contributed by atoms with Crippen LogP contribution in [-0.4, -0.2) is 89.4 Å². The number of hydrogen-bond donors (Lipinski definition) is 2. The van der Waals surface area contributed by atoms with Gasteiger partial charge >= 0.3 is 6.09 Å². The fraction of sp³-hybridized carbons (Fsp3) is 0.450. The molecule has 1 heterocycles. The fourth-order valence-corrected chi connectivity index (χ4v) is 6.82. The minimum absolute atomic E-state index is 0.101. The van der Waals surface area contributed by atoms with Gasteiger partial charge in [-0.1, -0.05) is 101 Å². The second-order valence-electron chi connectivity index (χ2n) is 14.3. The van der Waals surface area contributed by atoms with Gasteiger partial charge in [0.1, 0.15) is 18.2 Å². The second-order valence-corrected chi connectivity index (χ2v) is 14.9. The minimum atomic E-state index is -0.655. The maximum Gasteiger partial charge on any atom is 0.410 e. The number of nitrogens with one attached hydrogen (secondary N) is 2. The SMILES string of the molecule is CC(CN(CCC1CCC(C(=O)NC(c2ccccc2)c2ccccc2)N1C=O)Cc1ccc(CBr)cc1)NC(=O)CN(C)C(=O)OC(C)(C)C. The Morgan fingerprint density at radius 3 is 2.06 bits per heavy atom. The molecule has 3 atom stereocenters. The van der Waals surface area contributed by atoms with E-state index < -0.39 is 17.7 Å². The molecule has 1 saturated heterocycles. The third kappa shape index (κ3) is 12.2. The molecule has 1 fully saturated rings. The van der Waals surface area contributed by atoms with Crippen molar-refractivity contribution < 1.29 is 23.9 Å². The van der Waals surface area contributed by atoms with E-state index in [1.807, 2.05) is 67.6 Å². The lowest BCUT2D eigenvalue weighted by atomic mass is 9.98. The van der Waals surface area contributed by atoms with E-state index in [0.717, 1.165) is 34.9 Å². The number of carbonyl (C=O) groups is 4. The van der Waals surface area contributed by atoms with Crippen LogP contribution in [0.2, 0.25) is 0 Å². The van der Waals surface area contributed by atoms with Gasteiger partial charge in [0.2, 0.25) is 18.2 Å². The van der Waals surface area contributed by atoms with Gasteiger partial charge in [-0.25, -0.2) is 4.79 Å². The fourth-order valence-electron chi connectivity index (χ4n) is 6.44. The molecule has 0 radical (unpaired) electrons. The maximum atomic E-state index is 13.8. The van der Waals surface area contributed by atoms with E-state index in [2.05, 4.69) is 55.7 Å². The summed E-state index contributed by atoms with van der Waals surface area (Å²) in [5.74, 6) is -0.447. The predicted molar refractivity (Wildman–Crippen MR) is 203 cm³/mol. The van der Waals surface area contributed by atoms with Crippen LogP contribution >= 0.6 is 15.9 Å². The van der Waals surface area contributed by atoms with Crippen molar-refractivity contribution in [2.75, 3.05) is 26.7 Å². The van der Waals surface area contributed by atoms with E-state index in [1.165, 1.54) is 10.5 Å². The first-order valence-electron chi connectivity index (χ1n) is 17.6. The Bertz CT molecular complexity index is 1530. The number of amides is 4. The quantitative estimate of drug-likeness (QED) is 0.136. The molecule has 0 saturated carbocycles. The molecule has 0 bridgehead atoms. The Morgan fingerprint density at radius 2 is 1.51 bits per heavy atom. The number of rotatable bonds is 16. The number of alkyl halides is 1. The first-order valence-corrected chi connectivity index (χ1v) is 18.7. The smallest absolute Gasteiger partial charge is 0.410 e. The van der Waals surface area contributed by atoms with Crippen molar-refractivity contribution in [1.29, 1.82) is 0 Å². The number of ether oxygens (including phenoxy) is 1. The Hall–Kier alpha value is -4.22. The van der Waals surface area contributed by atoms with Gasteiger partial charge in [0.15, 0.2) is 0 Å². The molecule has 51 heavy (non-hydrogen) atoms. The van der Waals surface area contributed by atoms with Gasteiger partial charge in [0, 0.05) is 44.1 Å². The third-order valence-electron chi connectivity index (χ3n) is 8.92. The third-order valence-corrected chi connectivity index (χ3v) is 9.57. The van der Waals surface area contributed by atoms with E-state index >= 15 is 0 Å². The summed E-state index contributed by atoms with van der Waals surface area (Å²) in [5.41, 5.74) is 3.60. The van der Waals surface area contributed by atoms with Crippen molar-refractivity contribution in [2.45, 2.75) is 88.6 Å². The molecule has 3 aromatic carbocycles. The zero-order chi connectivity index (χ0) is 37.0. The van der Waals surface area contributed by atoms with E-state index in [-0.39, 0.29) is 36.5 Å². The highest BCUT2D eigenvalue weighted by Crippen LogP contribution is 2.28. The normalized spacial score (nSPS) is 16.5. The number of carbonyl (C=O) groups excluding carboxylic acids is 4. The summed E-state index contributed by atoms with van der Waals surface area (Å²) >= 11 is 3.51. The lowest BCUT2D eigenvalue weighted by Gasteiger charge is -2.31. The van der Waals surface area contributed by atoms with Gasteiger partial charge in [-0.05, 0) is 69.2 Å². The highest BCUT2D eigenvalue weighted by Gasteiger charge is 2.38.